The highest BCUT2D eigenvalue weighted by Gasteiger charge is 2.18. The summed E-state index contributed by atoms with van der Waals surface area (Å²) in [5, 5.41) is 14.6. The molecule has 2 aromatic carbocycles. The van der Waals surface area contributed by atoms with Crippen LogP contribution in [0, 0.1) is 0 Å². The van der Waals surface area contributed by atoms with Crippen molar-refractivity contribution in [3.05, 3.63) is 84.3 Å². The van der Waals surface area contributed by atoms with Gasteiger partial charge >= 0.3 is 0 Å². The highest BCUT2D eigenvalue weighted by molar-refractivity contribution is 7.82. The first kappa shape index (κ1) is 21.0. The molecule has 0 N–H and O–H groups in total. The first-order chi connectivity index (χ1) is 16.7. The van der Waals surface area contributed by atoms with E-state index in [0.29, 0.717) is 38.4 Å². The Labute approximate surface area is 198 Å². The highest BCUT2D eigenvalue weighted by atomic mass is 32.2. The lowest BCUT2D eigenvalue weighted by atomic mass is 10.1. The molecule has 6 rings (SSSR count). The Bertz CT molecular complexity index is 1490. The van der Waals surface area contributed by atoms with Crippen LogP contribution in [-0.2, 0) is 22.1 Å². The maximum absolute atomic E-state index is 12.8. The largest absolute Gasteiger partial charge is 0.379 e. The predicted octanol–water partition coefficient (Wildman–Crippen LogP) is 3.29. The summed E-state index contributed by atoms with van der Waals surface area (Å²) in [5.41, 5.74) is 4.54. The summed E-state index contributed by atoms with van der Waals surface area (Å²) in [6.45, 7) is 2.59. The van der Waals surface area contributed by atoms with Gasteiger partial charge < -0.3 is 4.74 Å². The molecule has 0 amide bonds. The van der Waals surface area contributed by atoms with Crippen LogP contribution >= 0.6 is 0 Å². The lowest BCUT2D eigenvalue weighted by molar-refractivity contribution is 0.0752. The number of hydrogen-bond acceptors (Lipinski definition) is 6. The van der Waals surface area contributed by atoms with Gasteiger partial charge in [-0.3, -0.25) is 4.98 Å². The van der Waals surface area contributed by atoms with Crippen LogP contribution in [0.2, 0.25) is 0 Å². The van der Waals surface area contributed by atoms with Crippen LogP contribution in [0.3, 0.4) is 0 Å². The number of hydrogen-bond donors (Lipinski definition) is 0. The molecule has 1 unspecified atom stereocenters. The molecule has 4 heterocycles. The fourth-order valence-electron chi connectivity index (χ4n) is 4.12. The summed E-state index contributed by atoms with van der Waals surface area (Å²) >= 11 is 0. The predicted molar refractivity (Wildman–Crippen MR) is 130 cm³/mol. The number of nitrogens with zero attached hydrogens (tertiary/aromatic N) is 6. The summed E-state index contributed by atoms with van der Waals surface area (Å²) in [7, 11) is -1.18. The molecule has 5 aromatic rings. The van der Waals surface area contributed by atoms with Gasteiger partial charge in [-0.1, -0.05) is 24.3 Å². The zero-order chi connectivity index (χ0) is 22.9. The van der Waals surface area contributed by atoms with Crippen LogP contribution in [0.25, 0.3) is 27.8 Å². The number of aromatic nitrogens is 5. The molecule has 0 radical (unpaired) electrons. The topological polar surface area (TPSA) is 85.5 Å². The van der Waals surface area contributed by atoms with Crippen LogP contribution in [0.15, 0.2) is 77.8 Å². The standard InChI is InChI=1S/C25H22N6O2S/c32-34(30-12-14-33-15-13-30)21-6-4-19(5-7-21)23-9-10-24-27-28-25(31(24)29-23)17-18-3-8-22-20(16-18)2-1-11-26-22/h1-11,16H,12-15,17H2. The minimum absolute atomic E-state index is 0.611. The van der Waals surface area contributed by atoms with Crippen molar-refractivity contribution >= 4 is 27.5 Å². The Hall–Kier alpha value is -3.53. The molecule has 1 aliphatic rings. The van der Waals surface area contributed by atoms with Gasteiger partial charge in [0.2, 0.25) is 0 Å². The van der Waals surface area contributed by atoms with E-state index in [2.05, 4.69) is 33.4 Å². The maximum atomic E-state index is 12.8. The first-order valence-electron chi connectivity index (χ1n) is 11.1. The second kappa shape index (κ2) is 9.02. The second-order valence-electron chi connectivity index (χ2n) is 8.13. The number of pyridine rings is 1. The molecular formula is C25H22N6O2S. The van der Waals surface area contributed by atoms with Crippen molar-refractivity contribution in [2.45, 2.75) is 11.3 Å². The minimum atomic E-state index is -1.18. The quantitative estimate of drug-likeness (QED) is 0.392. The molecule has 0 saturated carbocycles. The van der Waals surface area contributed by atoms with Gasteiger partial charge in [0.15, 0.2) is 11.5 Å². The number of fused-ring (bicyclic) bond motifs is 2. The molecule has 170 valence electrons. The number of rotatable bonds is 5. The van der Waals surface area contributed by atoms with Crippen molar-refractivity contribution < 1.29 is 8.95 Å². The summed E-state index contributed by atoms with van der Waals surface area (Å²) in [4.78, 5) is 5.17. The lowest BCUT2D eigenvalue weighted by Gasteiger charge is -2.25. The van der Waals surface area contributed by atoms with Gasteiger partial charge in [0, 0.05) is 36.7 Å². The van der Waals surface area contributed by atoms with Crippen molar-refractivity contribution in [1.82, 2.24) is 29.1 Å². The van der Waals surface area contributed by atoms with Crippen LogP contribution in [0.5, 0.6) is 0 Å². The molecule has 0 bridgehead atoms. The second-order valence-corrected chi connectivity index (χ2v) is 9.61. The van der Waals surface area contributed by atoms with E-state index < -0.39 is 11.0 Å². The van der Waals surface area contributed by atoms with Crippen molar-refractivity contribution in [2.75, 3.05) is 26.3 Å². The van der Waals surface area contributed by atoms with Gasteiger partial charge in [-0.05, 0) is 48.0 Å². The monoisotopic (exact) mass is 470 g/mol. The molecule has 8 nitrogen and oxygen atoms in total. The van der Waals surface area contributed by atoms with E-state index in [1.807, 2.05) is 52.8 Å². The average Bonchev–Trinajstić information content (AvgIpc) is 3.30. The summed E-state index contributed by atoms with van der Waals surface area (Å²) in [5.74, 6) is 0.769. The molecule has 9 heteroatoms. The minimum Gasteiger partial charge on any atom is -0.379 e. The van der Waals surface area contributed by atoms with E-state index in [0.717, 1.165) is 38.4 Å². The lowest BCUT2D eigenvalue weighted by Crippen LogP contribution is -2.37. The number of morpholine rings is 1. The fraction of sp³-hybridized carbons (Fsp3) is 0.200. The third-order valence-electron chi connectivity index (χ3n) is 5.91. The Morgan fingerprint density at radius 2 is 1.79 bits per heavy atom. The summed E-state index contributed by atoms with van der Waals surface area (Å²) in [6.07, 6.45) is 2.41. The van der Waals surface area contributed by atoms with Crippen molar-refractivity contribution in [2.24, 2.45) is 0 Å². The molecule has 34 heavy (non-hydrogen) atoms. The zero-order valence-electron chi connectivity index (χ0n) is 18.4. The van der Waals surface area contributed by atoms with E-state index in [1.165, 1.54) is 0 Å². The first-order valence-corrected chi connectivity index (χ1v) is 12.3. The van der Waals surface area contributed by atoms with Crippen molar-refractivity contribution in [1.29, 1.82) is 0 Å². The number of ether oxygens (including phenoxy) is 1. The summed E-state index contributed by atoms with van der Waals surface area (Å²) < 4.78 is 21.9. The molecule has 0 spiro atoms. The van der Waals surface area contributed by atoms with Gasteiger partial charge in [-0.25, -0.2) is 8.51 Å². The molecule has 0 aliphatic carbocycles. The van der Waals surface area contributed by atoms with Gasteiger partial charge in [-0.15, -0.1) is 10.2 Å². The Kier molecular flexibility index (Phi) is 5.58. The van der Waals surface area contributed by atoms with Gasteiger partial charge in [-0.2, -0.15) is 9.61 Å². The van der Waals surface area contributed by atoms with Gasteiger partial charge in [0.1, 0.15) is 11.0 Å². The molecule has 1 saturated heterocycles. The van der Waals surface area contributed by atoms with E-state index in [4.69, 9.17) is 9.84 Å². The Balaban J connectivity index is 1.27. The third-order valence-corrected chi connectivity index (χ3v) is 7.42. The SMILES string of the molecule is O=S(c1ccc(-c2ccc3nnc(Cc4ccc5ncccc5c4)n3n2)cc1)N1CCOCC1. The van der Waals surface area contributed by atoms with Gasteiger partial charge in [0.05, 0.1) is 29.3 Å². The average molecular weight is 471 g/mol. The van der Waals surface area contributed by atoms with Crippen molar-refractivity contribution in [3.63, 3.8) is 0 Å². The van der Waals surface area contributed by atoms with E-state index in [9.17, 15) is 4.21 Å². The maximum Gasteiger partial charge on any atom is 0.177 e. The van der Waals surface area contributed by atoms with E-state index >= 15 is 0 Å². The zero-order valence-corrected chi connectivity index (χ0v) is 19.2. The highest BCUT2D eigenvalue weighted by Crippen LogP contribution is 2.22. The van der Waals surface area contributed by atoms with E-state index in [-0.39, 0.29) is 0 Å². The number of benzene rings is 2. The van der Waals surface area contributed by atoms with Crippen LogP contribution in [0.4, 0.5) is 0 Å². The normalized spacial score (nSPS) is 15.6. The fourth-order valence-corrected chi connectivity index (χ4v) is 5.27. The van der Waals surface area contributed by atoms with Crippen LogP contribution in [0.1, 0.15) is 11.4 Å². The smallest absolute Gasteiger partial charge is 0.177 e. The summed E-state index contributed by atoms with van der Waals surface area (Å²) in [6, 6.07) is 21.8. The third kappa shape index (κ3) is 4.09. The van der Waals surface area contributed by atoms with Crippen molar-refractivity contribution in [3.8, 4) is 11.3 Å². The molecular weight excluding hydrogens is 448 g/mol. The van der Waals surface area contributed by atoms with Crippen LogP contribution < -0.4 is 0 Å². The molecule has 1 atom stereocenters. The molecule has 1 aliphatic heterocycles. The Morgan fingerprint density at radius 1 is 0.941 bits per heavy atom. The van der Waals surface area contributed by atoms with Crippen LogP contribution in [-0.4, -0.2) is 59.6 Å². The molecule has 1 fully saturated rings. The van der Waals surface area contributed by atoms with E-state index in [1.54, 1.807) is 10.7 Å². The van der Waals surface area contributed by atoms with Gasteiger partial charge in [0.25, 0.3) is 0 Å². The molecule has 3 aromatic heterocycles. The Morgan fingerprint density at radius 3 is 2.65 bits per heavy atom.